The van der Waals surface area contributed by atoms with Crippen molar-refractivity contribution >= 4 is 21.8 Å². The van der Waals surface area contributed by atoms with Crippen LogP contribution in [0, 0.1) is 0 Å². The molecule has 0 aliphatic heterocycles. The fourth-order valence-electron chi connectivity index (χ4n) is 0.826. The van der Waals surface area contributed by atoms with Crippen molar-refractivity contribution in [1.82, 2.24) is 0 Å². The first-order valence-corrected chi connectivity index (χ1v) is 4.13. The SMILES string of the molecule is CC([Si])c1ccccc1Cl. The van der Waals surface area contributed by atoms with Crippen molar-refractivity contribution < 1.29 is 0 Å². The van der Waals surface area contributed by atoms with Gasteiger partial charge in [-0.1, -0.05) is 36.7 Å². The highest BCUT2D eigenvalue weighted by atomic mass is 35.5. The summed E-state index contributed by atoms with van der Waals surface area (Å²) in [4.78, 5) is 0. The van der Waals surface area contributed by atoms with E-state index in [1.54, 1.807) is 0 Å². The molecule has 1 unspecified atom stereocenters. The van der Waals surface area contributed by atoms with Gasteiger partial charge in [0.1, 0.15) is 0 Å². The van der Waals surface area contributed by atoms with E-state index in [9.17, 15) is 0 Å². The first-order chi connectivity index (χ1) is 4.72. The lowest BCUT2D eigenvalue weighted by atomic mass is 10.2. The van der Waals surface area contributed by atoms with Crippen LogP contribution in [0.15, 0.2) is 24.3 Å². The van der Waals surface area contributed by atoms with Gasteiger partial charge in [0.2, 0.25) is 0 Å². The van der Waals surface area contributed by atoms with Crippen LogP contribution < -0.4 is 0 Å². The van der Waals surface area contributed by atoms with Gasteiger partial charge in [0.15, 0.2) is 0 Å². The van der Waals surface area contributed by atoms with Gasteiger partial charge in [-0.2, -0.15) is 0 Å². The summed E-state index contributed by atoms with van der Waals surface area (Å²) in [6, 6.07) is 7.83. The molecule has 0 amide bonds. The second kappa shape index (κ2) is 3.22. The molecule has 0 spiro atoms. The van der Waals surface area contributed by atoms with E-state index >= 15 is 0 Å². The first-order valence-electron chi connectivity index (χ1n) is 3.17. The van der Waals surface area contributed by atoms with Crippen molar-refractivity contribution in [3.8, 4) is 0 Å². The van der Waals surface area contributed by atoms with Gasteiger partial charge in [0, 0.05) is 15.3 Å². The summed E-state index contributed by atoms with van der Waals surface area (Å²) in [6.07, 6.45) is 0. The van der Waals surface area contributed by atoms with E-state index in [2.05, 4.69) is 17.2 Å². The molecule has 0 saturated heterocycles. The van der Waals surface area contributed by atoms with Crippen LogP contribution in [0.2, 0.25) is 5.02 Å². The molecule has 0 nitrogen and oxygen atoms in total. The van der Waals surface area contributed by atoms with Crippen LogP contribution in [-0.2, 0) is 0 Å². The van der Waals surface area contributed by atoms with Gasteiger partial charge in [-0.15, -0.1) is 0 Å². The van der Waals surface area contributed by atoms with Gasteiger partial charge in [-0.25, -0.2) is 0 Å². The summed E-state index contributed by atoms with van der Waals surface area (Å²) in [5.41, 5.74) is 1.47. The van der Waals surface area contributed by atoms with Gasteiger partial charge < -0.3 is 0 Å². The van der Waals surface area contributed by atoms with Crippen molar-refractivity contribution in [3.05, 3.63) is 34.9 Å². The molecule has 1 atom stereocenters. The van der Waals surface area contributed by atoms with E-state index in [0.29, 0.717) is 5.54 Å². The van der Waals surface area contributed by atoms with Crippen molar-refractivity contribution in [1.29, 1.82) is 0 Å². The van der Waals surface area contributed by atoms with Crippen molar-refractivity contribution in [2.75, 3.05) is 0 Å². The van der Waals surface area contributed by atoms with Crippen LogP contribution in [0.25, 0.3) is 0 Å². The Morgan fingerprint density at radius 2 is 2.00 bits per heavy atom. The summed E-state index contributed by atoms with van der Waals surface area (Å²) in [7, 11) is 3.50. The molecule has 1 aromatic rings. The second-order valence-corrected chi connectivity index (χ2v) is 3.52. The van der Waals surface area contributed by atoms with E-state index in [-0.39, 0.29) is 0 Å². The van der Waals surface area contributed by atoms with Crippen molar-refractivity contribution in [2.24, 2.45) is 0 Å². The van der Waals surface area contributed by atoms with Crippen LogP contribution >= 0.6 is 11.6 Å². The summed E-state index contributed by atoms with van der Waals surface area (Å²) >= 11 is 5.89. The van der Waals surface area contributed by atoms with Gasteiger partial charge in [0.25, 0.3) is 0 Å². The standard InChI is InChI=1S/C8H8ClSi/c1-6(10)7-4-2-3-5-8(7)9/h2-6H,1H3. The average Bonchev–Trinajstić information content (AvgIpc) is 1.88. The van der Waals surface area contributed by atoms with Crippen LogP contribution in [0.5, 0.6) is 0 Å². The maximum atomic E-state index is 5.89. The van der Waals surface area contributed by atoms with Gasteiger partial charge >= 0.3 is 0 Å². The third kappa shape index (κ3) is 1.61. The van der Waals surface area contributed by atoms with Gasteiger partial charge in [0.05, 0.1) is 0 Å². The molecule has 0 N–H and O–H groups in total. The van der Waals surface area contributed by atoms with Crippen LogP contribution in [0.4, 0.5) is 0 Å². The number of hydrogen-bond donors (Lipinski definition) is 0. The minimum atomic E-state index is 0.327. The molecule has 0 aliphatic rings. The molecule has 0 bridgehead atoms. The fourth-order valence-corrected chi connectivity index (χ4v) is 1.47. The Kier molecular flexibility index (Phi) is 2.52. The van der Waals surface area contributed by atoms with Crippen molar-refractivity contribution in [3.63, 3.8) is 0 Å². The number of rotatable bonds is 1. The number of benzene rings is 1. The minimum absolute atomic E-state index is 0.327. The lowest BCUT2D eigenvalue weighted by Crippen LogP contribution is -1.91. The van der Waals surface area contributed by atoms with E-state index in [4.69, 9.17) is 11.6 Å². The second-order valence-electron chi connectivity index (χ2n) is 2.24. The Labute approximate surface area is 69.6 Å². The third-order valence-corrected chi connectivity index (χ3v) is 2.03. The molecule has 0 aromatic heterocycles. The predicted molar refractivity (Wildman–Crippen MR) is 45.6 cm³/mol. The monoisotopic (exact) mass is 167 g/mol. The van der Waals surface area contributed by atoms with Crippen LogP contribution in [0.3, 0.4) is 0 Å². The molecular weight excluding hydrogens is 160 g/mol. The molecule has 51 valence electrons. The highest BCUT2D eigenvalue weighted by Gasteiger charge is 2.01. The Hall–Kier alpha value is -0.273. The molecule has 0 fully saturated rings. The van der Waals surface area contributed by atoms with Gasteiger partial charge in [-0.05, 0) is 17.2 Å². The molecule has 3 radical (unpaired) electrons. The maximum Gasteiger partial charge on any atom is 0.0437 e. The summed E-state index contributed by atoms with van der Waals surface area (Å²) in [5.74, 6) is 0. The molecule has 0 saturated carbocycles. The van der Waals surface area contributed by atoms with E-state index in [0.717, 1.165) is 10.6 Å². The number of hydrogen-bond acceptors (Lipinski definition) is 0. The van der Waals surface area contributed by atoms with Crippen molar-refractivity contribution in [2.45, 2.75) is 12.5 Å². The summed E-state index contributed by atoms with van der Waals surface area (Å²) in [6.45, 7) is 2.05. The minimum Gasteiger partial charge on any atom is -0.0840 e. The van der Waals surface area contributed by atoms with Crippen LogP contribution in [0.1, 0.15) is 18.0 Å². The van der Waals surface area contributed by atoms with E-state index in [1.807, 2.05) is 24.3 Å². The molecule has 0 aliphatic carbocycles. The normalized spacial score (nSPS) is 13.1. The highest BCUT2D eigenvalue weighted by Crippen LogP contribution is 2.20. The first kappa shape index (κ1) is 7.83. The Morgan fingerprint density at radius 3 is 2.40 bits per heavy atom. The predicted octanol–water partition coefficient (Wildman–Crippen LogP) is 2.57. The third-order valence-electron chi connectivity index (χ3n) is 1.37. The zero-order valence-corrected chi connectivity index (χ0v) is 7.52. The molecular formula is C8H8ClSi. The summed E-state index contributed by atoms with van der Waals surface area (Å²) in [5, 5.41) is 0.824. The van der Waals surface area contributed by atoms with E-state index < -0.39 is 0 Å². The zero-order chi connectivity index (χ0) is 7.56. The summed E-state index contributed by atoms with van der Waals surface area (Å²) < 4.78 is 0. The maximum absolute atomic E-state index is 5.89. The quantitative estimate of drug-likeness (QED) is 0.564. The van der Waals surface area contributed by atoms with Gasteiger partial charge in [-0.3, -0.25) is 0 Å². The number of halogens is 1. The molecule has 1 aromatic carbocycles. The molecule has 0 heterocycles. The largest absolute Gasteiger partial charge is 0.0840 e. The Balaban J connectivity index is 3.03. The molecule has 1 rings (SSSR count). The van der Waals surface area contributed by atoms with E-state index in [1.165, 1.54) is 0 Å². The molecule has 10 heavy (non-hydrogen) atoms. The lowest BCUT2D eigenvalue weighted by molar-refractivity contribution is 1.08. The smallest absolute Gasteiger partial charge is 0.0437 e. The Bertz CT molecular complexity index is 220. The average molecular weight is 168 g/mol. The molecule has 2 heteroatoms. The fraction of sp³-hybridized carbons (Fsp3) is 0.250. The van der Waals surface area contributed by atoms with Crippen LogP contribution in [-0.4, -0.2) is 10.2 Å². The Morgan fingerprint density at radius 1 is 1.40 bits per heavy atom. The topological polar surface area (TPSA) is 0 Å². The lowest BCUT2D eigenvalue weighted by Gasteiger charge is -2.05. The highest BCUT2D eigenvalue weighted by molar-refractivity contribution is 6.32. The zero-order valence-electron chi connectivity index (χ0n) is 5.76.